The number of nitrogens with one attached hydrogen (secondary N) is 1. The maximum absolute atomic E-state index is 12.8. The van der Waals surface area contributed by atoms with E-state index in [4.69, 9.17) is 11.1 Å². The highest BCUT2D eigenvalue weighted by molar-refractivity contribution is 7.99. The molecule has 0 aliphatic heterocycles. The van der Waals surface area contributed by atoms with Crippen LogP contribution in [0.1, 0.15) is 11.5 Å². The molecule has 0 amide bonds. The topological polar surface area (TPSA) is 49.9 Å². The fraction of sp³-hybridized carbons (Fsp3) is 0.133. The van der Waals surface area contributed by atoms with Gasteiger partial charge < -0.3 is 5.73 Å². The Morgan fingerprint density at radius 1 is 1.11 bits per heavy atom. The van der Waals surface area contributed by atoms with Crippen molar-refractivity contribution in [3.8, 4) is 0 Å². The highest BCUT2D eigenvalue weighted by atomic mass is 32.2. The van der Waals surface area contributed by atoms with E-state index in [1.807, 2.05) is 30.3 Å². The predicted octanol–water partition coefficient (Wildman–Crippen LogP) is 3.64. The lowest BCUT2D eigenvalue weighted by Gasteiger charge is -2.15. The Labute approximate surface area is 116 Å². The third-order valence-corrected chi connectivity index (χ3v) is 3.91. The molecule has 2 nitrogen and oxygen atoms in total. The van der Waals surface area contributed by atoms with E-state index in [1.165, 1.54) is 12.1 Å². The van der Waals surface area contributed by atoms with Crippen molar-refractivity contribution in [3.05, 3.63) is 66.0 Å². The zero-order valence-corrected chi connectivity index (χ0v) is 11.2. The second-order valence-corrected chi connectivity index (χ2v) is 5.28. The van der Waals surface area contributed by atoms with Crippen molar-refractivity contribution < 1.29 is 4.39 Å². The average molecular weight is 274 g/mol. The number of halogens is 1. The summed E-state index contributed by atoms with van der Waals surface area (Å²) in [5, 5.41) is 7.69. The van der Waals surface area contributed by atoms with E-state index in [2.05, 4.69) is 0 Å². The molecule has 4 heteroatoms. The van der Waals surface area contributed by atoms with Gasteiger partial charge in [0.2, 0.25) is 0 Å². The maximum Gasteiger partial charge on any atom is 0.123 e. The number of hydrogen-bond acceptors (Lipinski definition) is 2. The van der Waals surface area contributed by atoms with Crippen LogP contribution in [0.15, 0.2) is 59.5 Å². The SMILES string of the molecule is N=C(N)C(CSc1ccc(F)cc1)c1ccccc1. The van der Waals surface area contributed by atoms with Crippen LogP contribution in [0.5, 0.6) is 0 Å². The number of benzene rings is 2. The summed E-state index contributed by atoms with van der Waals surface area (Å²) in [6, 6.07) is 16.1. The molecule has 0 aliphatic carbocycles. The lowest BCUT2D eigenvalue weighted by Crippen LogP contribution is -2.22. The van der Waals surface area contributed by atoms with Crippen LogP contribution in [-0.4, -0.2) is 11.6 Å². The Hall–Kier alpha value is -1.81. The Kier molecular flexibility index (Phi) is 4.58. The van der Waals surface area contributed by atoms with Gasteiger partial charge in [-0.3, -0.25) is 5.41 Å². The van der Waals surface area contributed by atoms with Gasteiger partial charge in [-0.15, -0.1) is 11.8 Å². The first-order valence-corrected chi connectivity index (χ1v) is 6.92. The predicted molar refractivity (Wildman–Crippen MR) is 78.2 cm³/mol. The van der Waals surface area contributed by atoms with E-state index in [0.29, 0.717) is 5.75 Å². The molecule has 1 atom stereocenters. The zero-order valence-electron chi connectivity index (χ0n) is 10.3. The van der Waals surface area contributed by atoms with Gasteiger partial charge in [0, 0.05) is 10.6 Å². The van der Waals surface area contributed by atoms with Crippen LogP contribution >= 0.6 is 11.8 Å². The fourth-order valence-corrected chi connectivity index (χ4v) is 2.82. The van der Waals surface area contributed by atoms with Crippen molar-refractivity contribution in [2.24, 2.45) is 5.73 Å². The molecule has 0 saturated heterocycles. The summed E-state index contributed by atoms with van der Waals surface area (Å²) in [6.45, 7) is 0. The van der Waals surface area contributed by atoms with Crippen LogP contribution in [0, 0.1) is 11.2 Å². The van der Waals surface area contributed by atoms with E-state index >= 15 is 0 Å². The van der Waals surface area contributed by atoms with Gasteiger partial charge in [-0.2, -0.15) is 0 Å². The van der Waals surface area contributed by atoms with Crippen molar-refractivity contribution in [3.63, 3.8) is 0 Å². The molecule has 0 radical (unpaired) electrons. The molecule has 2 aromatic rings. The van der Waals surface area contributed by atoms with E-state index < -0.39 is 0 Å². The van der Waals surface area contributed by atoms with Crippen LogP contribution < -0.4 is 5.73 Å². The molecule has 3 N–H and O–H groups in total. The minimum Gasteiger partial charge on any atom is -0.387 e. The summed E-state index contributed by atoms with van der Waals surface area (Å²) in [5.41, 5.74) is 6.70. The highest BCUT2D eigenvalue weighted by Gasteiger charge is 2.14. The molecule has 0 spiro atoms. The second kappa shape index (κ2) is 6.38. The number of thioether (sulfide) groups is 1. The quantitative estimate of drug-likeness (QED) is 0.497. The van der Waals surface area contributed by atoms with Gasteiger partial charge >= 0.3 is 0 Å². The Morgan fingerprint density at radius 3 is 2.32 bits per heavy atom. The fourth-order valence-electron chi connectivity index (χ4n) is 1.76. The lowest BCUT2D eigenvalue weighted by molar-refractivity contribution is 0.626. The van der Waals surface area contributed by atoms with Crippen molar-refractivity contribution in [2.75, 3.05) is 5.75 Å². The van der Waals surface area contributed by atoms with Gasteiger partial charge in [0.1, 0.15) is 5.82 Å². The summed E-state index contributed by atoms with van der Waals surface area (Å²) in [6.07, 6.45) is 0. The van der Waals surface area contributed by atoms with E-state index in [1.54, 1.807) is 23.9 Å². The molecule has 0 saturated carbocycles. The van der Waals surface area contributed by atoms with Gasteiger partial charge in [-0.1, -0.05) is 30.3 Å². The summed E-state index contributed by atoms with van der Waals surface area (Å²) >= 11 is 1.57. The number of rotatable bonds is 5. The molecular formula is C15H15FN2S. The number of amidine groups is 1. The molecule has 0 aliphatic rings. The first kappa shape index (κ1) is 13.6. The Morgan fingerprint density at radius 2 is 1.74 bits per heavy atom. The monoisotopic (exact) mass is 274 g/mol. The van der Waals surface area contributed by atoms with E-state index in [9.17, 15) is 4.39 Å². The first-order chi connectivity index (χ1) is 9.16. The molecule has 98 valence electrons. The van der Waals surface area contributed by atoms with Gasteiger partial charge in [-0.05, 0) is 29.8 Å². The summed E-state index contributed by atoms with van der Waals surface area (Å²) in [7, 11) is 0. The molecule has 1 unspecified atom stereocenters. The van der Waals surface area contributed by atoms with Crippen LogP contribution in [0.2, 0.25) is 0 Å². The molecule has 0 heterocycles. The number of hydrogen-bond donors (Lipinski definition) is 2. The first-order valence-electron chi connectivity index (χ1n) is 5.94. The summed E-state index contributed by atoms with van der Waals surface area (Å²) in [4.78, 5) is 0.976. The summed E-state index contributed by atoms with van der Waals surface area (Å²) < 4.78 is 12.8. The van der Waals surface area contributed by atoms with Gasteiger partial charge in [0.25, 0.3) is 0 Å². The van der Waals surface area contributed by atoms with Crippen molar-refractivity contribution in [2.45, 2.75) is 10.8 Å². The molecular weight excluding hydrogens is 259 g/mol. The van der Waals surface area contributed by atoms with Gasteiger partial charge in [0.15, 0.2) is 0 Å². The van der Waals surface area contributed by atoms with Crippen LogP contribution in [0.4, 0.5) is 4.39 Å². The zero-order chi connectivity index (χ0) is 13.7. The third kappa shape index (κ3) is 3.83. The van der Waals surface area contributed by atoms with Gasteiger partial charge in [-0.25, -0.2) is 4.39 Å². The minimum absolute atomic E-state index is 0.115. The van der Waals surface area contributed by atoms with Crippen molar-refractivity contribution in [1.29, 1.82) is 5.41 Å². The smallest absolute Gasteiger partial charge is 0.123 e. The van der Waals surface area contributed by atoms with Gasteiger partial charge in [0.05, 0.1) is 11.8 Å². The Balaban J connectivity index is 2.06. The molecule has 0 aromatic heterocycles. The average Bonchev–Trinajstić information content (AvgIpc) is 2.42. The second-order valence-electron chi connectivity index (χ2n) is 4.18. The third-order valence-electron chi connectivity index (χ3n) is 2.81. The highest BCUT2D eigenvalue weighted by Crippen LogP contribution is 2.26. The standard InChI is InChI=1S/C15H15FN2S/c16-12-6-8-13(9-7-12)19-10-14(15(17)18)11-4-2-1-3-5-11/h1-9,14H,10H2,(H3,17,18). The van der Waals surface area contributed by atoms with Crippen LogP contribution in [0.25, 0.3) is 0 Å². The lowest BCUT2D eigenvalue weighted by atomic mass is 10.0. The molecule has 0 fully saturated rings. The minimum atomic E-state index is -0.240. The maximum atomic E-state index is 12.8. The largest absolute Gasteiger partial charge is 0.387 e. The van der Waals surface area contributed by atoms with Crippen molar-refractivity contribution in [1.82, 2.24) is 0 Å². The van der Waals surface area contributed by atoms with E-state index in [0.717, 1.165) is 10.5 Å². The molecule has 19 heavy (non-hydrogen) atoms. The number of nitrogens with two attached hydrogens (primary N) is 1. The van der Waals surface area contributed by atoms with E-state index in [-0.39, 0.29) is 17.6 Å². The molecule has 2 rings (SSSR count). The molecule has 0 bridgehead atoms. The molecule has 2 aromatic carbocycles. The Bertz CT molecular complexity index is 540. The summed E-state index contributed by atoms with van der Waals surface area (Å²) in [5.74, 6) is 0.470. The van der Waals surface area contributed by atoms with Crippen LogP contribution in [-0.2, 0) is 0 Å². The van der Waals surface area contributed by atoms with Crippen LogP contribution in [0.3, 0.4) is 0 Å². The van der Waals surface area contributed by atoms with Crippen molar-refractivity contribution >= 4 is 17.6 Å². The normalized spacial score (nSPS) is 12.1.